The van der Waals surface area contributed by atoms with Gasteiger partial charge in [0.25, 0.3) is 0 Å². The maximum absolute atomic E-state index is 11.4. The molecule has 0 bridgehead atoms. The van der Waals surface area contributed by atoms with Crippen LogP contribution in [0.5, 0.6) is 0 Å². The predicted octanol–water partition coefficient (Wildman–Crippen LogP) is 3.25. The van der Waals surface area contributed by atoms with Crippen LogP contribution in [0.4, 0.5) is 0 Å². The number of aliphatic carboxylic acids is 1. The van der Waals surface area contributed by atoms with Crippen molar-refractivity contribution in [3.05, 3.63) is 11.8 Å². The molecular formula is C24H44O8. The third-order valence-electron chi connectivity index (χ3n) is 5.94. The number of carboxylic acids is 1. The first kappa shape index (κ1) is 28.8. The maximum atomic E-state index is 11.4. The number of hydrogen-bond donors (Lipinski definition) is 5. The molecule has 0 saturated carbocycles. The van der Waals surface area contributed by atoms with E-state index in [0.717, 1.165) is 19.3 Å². The number of allylic oxidation sites excluding steroid dienone is 1. The fraction of sp³-hybridized carbons (Fsp3) is 0.875. The highest BCUT2D eigenvalue weighted by Gasteiger charge is 2.45. The molecule has 0 spiro atoms. The van der Waals surface area contributed by atoms with Crippen LogP contribution in [0.2, 0.25) is 0 Å². The van der Waals surface area contributed by atoms with E-state index in [9.17, 15) is 30.3 Å². The van der Waals surface area contributed by atoms with E-state index in [4.69, 9.17) is 9.47 Å². The number of unbranched alkanes of at least 4 members (excludes halogenated alkanes) is 13. The molecule has 0 amide bonds. The monoisotopic (exact) mass is 460 g/mol. The number of rotatable bonds is 18. The van der Waals surface area contributed by atoms with Crippen LogP contribution >= 0.6 is 0 Å². The van der Waals surface area contributed by atoms with Crippen molar-refractivity contribution < 1.29 is 39.8 Å². The van der Waals surface area contributed by atoms with Crippen LogP contribution in [-0.2, 0) is 14.3 Å². The zero-order chi connectivity index (χ0) is 23.8. The number of carbonyl (C=O) groups is 1. The SMILES string of the molecule is CCCCCCCCCCCCCCC/C=C(\OC1O[C@H](CO)[C@@H](O)[C@H](O)[C@H]1O)C(=O)O. The lowest BCUT2D eigenvalue weighted by molar-refractivity contribution is -0.291. The van der Waals surface area contributed by atoms with E-state index in [2.05, 4.69) is 6.92 Å². The second kappa shape index (κ2) is 17.3. The summed E-state index contributed by atoms with van der Waals surface area (Å²) in [5, 5.41) is 48.1. The predicted molar refractivity (Wildman–Crippen MR) is 121 cm³/mol. The van der Waals surface area contributed by atoms with Gasteiger partial charge in [-0.3, -0.25) is 0 Å². The summed E-state index contributed by atoms with van der Waals surface area (Å²) >= 11 is 0. The second-order valence-electron chi connectivity index (χ2n) is 8.72. The summed E-state index contributed by atoms with van der Waals surface area (Å²) in [6, 6.07) is 0. The summed E-state index contributed by atoms with van der Waals surface area (Å²) in [5.74, 6) is -1.69. The molecule has 8 nitrogen and oxygen atoms in total. The van der Waals surface area contributed by atoms with Crippen LogP contribution in [0.3, 0.4) is 0 Å². The van der Waals surface area contributed by atoms with Gasteiger partial charge in [-0.1, -0.05) is 84.0 Å². The fourth-order valence-corrected chi connectivity index (χ4v) is 3.87. The van der Waals surface area contributed by atoms with Crippen LogP contribution in [0, 0.1) is 0 Å². The average molecular weight is 461 g/mol. The smallest absolute Gasteiger partial charge is 0.370 e. The Kier molecular flexibility index (Phi) is 15.6. The molecule has 1 heterocycles. The number of carboxylic acid groups (broad SMARTS) is 1. The van der Waals surface area contributed by atoms with E-state index in [-0.39, 0.29) is 5.76 Å². The largest absolute Gasteiger partial charge is 0.475 e. The summed E-state index contributed by atoms with van der Waals surface area (Å²) in [6.07, 6.45) is 10.6. The van der Waals surface area contributed by atoms with Crippen molar-refractivity contribution in [2.45, 2.75) is 128 Å². The Balaban J connectivity index is 2.20. The molecular weight excluding hydrogens is 416 g/mol. The van der Waals surface area contributed by atoms with Crippen LogP contribution < -0.4 is 0 Å². The molecule has 8 heteroatoms. The van der Waals surface area contributed by atoms with Crippen molar-refractivity contribution in [2.75, 3.05) is 6.61 Å². The van der Waals surface area contributed by atoms with Crippen LogP contribution in [-0.4, -0.2) is 68.8 Å². The molecule has 1 fully saturated rings. The molecule has 0 aromatic heterocycles. The summed E-state index contributed by atoms with van der Waals surface area (Å²) in [5.41, 5.74) is 0. The van der Waals surface area contributed by atoms with Gasteiger partial charge in [-0.15, -0.1) is 0 Å². The molecule has 0 aromatic rings. The summed E-state index contributed by atoms with van der Waals surface area (Å²) in [6.45, 7) is 1.63. The van der Waals surface area contributed by atoms with E-state index >= 15 is 0 Å². The molecule has 0 radical (unpaired) electrons. The van der Waals surface area contributed by atoms with Crippen molar-refractivity contribution in [1.82, 2.24) is 0 Å². The molecule has 32 heavy (non-hydrogen) atoms. The Hall–Kier alpha value is -1.19. The summed E-state index contributed by atoms with van der Waals surface area (Å²) in [7, 11) is 0. The van der Waals surface area contributed by atoms with Gasteiger partial charge in [-0.05, 0) is 18.9 Å². The first-order valence-electron chi connectivity index (χ1n) is 12.3. The van der Waals surface area contributed by atoms with Gasteiger partial charge in [0.1, 0.15) is 24.4 Å². The molecule has 0 aliphatic carbocycles. The van der Waals surface area contributed by atoms with E-state index in [1.54, 1.807) is 0 Å². The van der Waals surface area contributed by atoms with E-state index in [0.29, 0.717) is 6.42 Å². The molecule has 188 valence electrons. The Morgan fingerprint density at radius 2 is 1.31 bits per heavy atom. The van der Waals surface area contributed by atoms with Gasteiger partial charge in [-0.25, -0.2) is 4.79 Å². The van der Waals surface area contributed by atoms with Crippen LogP contribution in [0.15, 0.2) is 11.8 Å². The van der Waals surface area contributed by atoms with Gasteiger partial charge in [-0.2, -0.15) is 0 Å². The average Bonchev–Trinajstić information content (AvgIpc) is 2.78. The first-order valence-corrected chi connectivity index (χ1v) is 12.3. The van der Waals surface area contributed by atoms with Crippen LogP contribution in [0.1, 0.15) is 96.8 Å². The summed E-state index contributed by atoms with van der Waals surface area (Å²) in [4.78, 5) is 11.4. The van der Waals surface area contributed by atoms with E-state index in [1.807, 2.05) is 0 Å². The number of aliphatic hydroxyl groups excluding tert-OH is 4. The van der Waals surface area contributed by atoms with Crippen LogP contribution in [0.25, 0.3) is 0 Å². The molecule has 1 saturated heterocycles. The minimum atomic E-state index is -1.63. The van der Waals surface area contributed by atoms with E-state index < -0.39 is 43.3 Å². The quantitative estimate of drug-likeness (QED) is 0.119. The fourth-order valence-electron chi connectivity index (χ4n) is 3.87. The lowest BCUT2D eigenvalue weighted by Gasteiger charge is -2.39. The van der Waals surface area contributed by atoms with Crippen molar-refractivity contribution in [2.24, 2.45) is 0 Å². The minimum absolute atomic E-state index is 0.381. The Morgan fingerprint density at radius 3 is 1.78 bits per heavy atom. The normalized spacial score (nSPS) is 26.3. The number of ether oxygens (including phenoxy) is 2. The maximum Gasteiger partial charge on any atom is 0.370 e. The second-order valence-corrected chi connectivity index (χ2v) is 8.72. The highest BCUT2D eigenvalue weighted by atomic mass is 16.7. The Bertz CT molecular complexity index is 522. The van der Waals surface area contributed by atoms with Gasteiger partial charge < -0.3 is 35.0 Å². The van der Waals surface area contributed by atoms with Gasteiger partial charge >= 0.3 is 5.97 Å². The van der Waals surface area contributed by atoms with Gasteiger partial charge in [0.15, 0.2) is 0 Å². The third-order valence-corrected chi connectivity index (χ3v) is 5.94. The minimum Gasteiger partial charge on any atom is -0.475 e. The molecule has 1 rings (SSSR count). The Morgan fingerprint density at radius 1 is 0.812 bits per heavy atom. The highest BCUT2D eigenvalue weighted by Crippen LogP contribution is 2.24. The zero-order valence-corrected chi connectivity index (χ0v) is 19.5. The van der Waals surface area contributed by atoms with Crippen molar-refractivity contribution in [3.8, 4) is 0 Å². The third kappa shape index (κ3) is 11.1. The highest BCUT2D eigenvalue weighted by molar-refractivity contribution is 5.84. The molecule has 1 aliphatic heterocycles. The molecule has 1 aliphatic rings. The van der Waals surface area contributed by atoms with Crippen molar-refractivity contribution >= 4 is 5.97 Å². The van der Waals surface area contributed by atoms with Gasteiger partial charge in [0.2, 0.25) is 12.0 Å². The molecule has 5 N–H and O–H groups in total. The molecule has 0 aromatic carbocycles. The van der Waals surface area contributed by atoms with Crippen molar-refractivity contribution in [3.63, 3.8) is 0 Å². The Labute approximate surface area is 192 Å². The molecule has 5 atom stereocenters. The lowest BCUT2D eigenvalue weighted by atomic mass is 9.99. The van der Waals surface area contributed by atoms with Gasteiger partial charge in [0, 0.05) is 0 Å². The summed E-state index contributed by atoms with van der Waals surface area (Å²) < 4.78 is 10.4. The molecule has 1 unspecified atom stereocenters. The number of hydrogen-bond acceptors (Lipinski definition) is 7. The number of aliphatic hydroxyl groups is 4. The van der Waals surface area contributed by atoms with E-state index in [1.165, 1.54) is 70.3 Å². The van der Waals surface area contributed by atoms with Gasteiger partial charge in [0.05, 0.1) is 6.61 Å². The zero-order valence-electron chi connectivity index (χ0n) is 19.5. The standard InChI is InChI=1S/C24H44O8/c1-2-3-4-5-6-7-8-9-10-11-12-13-14-15-16-18(23(29)30)31-24-22(28)21(27)20(26)19(17-25)32-24/h16,19-22,24-28H,2-15,17H2,1H3,(H,29,30)/b18-16-/t19-,20-,21+,22-,24?/m1/s1. The topological polar surface area (TPSA) is 137 Å². The van der Waals surface area contributed by atoms with Crippen molar-refractivity contribution in [1.29, 1.82) is 0 Å². The first-order chi connectivity index (χ1) is 15.4. The lowest BCUT2D eigenvalue weighted by Crippen LogP contribution is -2.59.